The number of aromatic nitrogens is 1. The quantitative estimate of drug-likeness (QED) is 0.242. The van der Waals surface area contributed by atoms with Crippen LogP contribution in [0, 0.1) is 23.2 Å². The molecule has 2 amide bonds. The van der Waals surface area contributed by atoms with Crippen LogP contribution in [0.15, 0.2) is 51.7 Å². The van der Waals surface area contributed by atoms with Crippen LogP contribution >= 0.6 is 12.2 Å². The van der Waals surface area contributed by atoms with Gasteiger partial charge in [-0.05, 0) is 68.9 Å². The van der Waals surface area contributed by atoms with Gasteiger partial charge < -0.3 is 23.9 Å². The number of fused-ring (bicyclic) bond motifs is 2. The lowest BCUT2D eigenvalue weighted by Crippen LogP contribution is -2.52. The molecule has 0 saturated carbocycles. The second-order valence-electron chi connectivity index (χ2n) is 12.8. The van der Waals surface area contributed by atoms with Crippen LogP contribution in [0.1, 0.15) is 46.1 Å². The number of nitrogens with zero attached hydrogens (tertiary/aromatic N) is 3. The summed E-state index contributed by atoms with van der Waals surface area (Å²) in [6, 6.07) is 14.5. The van der Waals surface area contributed by atoms with E-state index in [4.69, 9.17) is 30.8 Å². The molecule has 244 valence electrons. The molecule has 2 aromatic carbocycles. The minimum Gasteiger partial charge on any atom is -0.444 e. The SMILES string of the molecule is CCCOCCn1c(=O)oc2ccc(-c3ccc(C[C@@H](C#N)C(=S)NC(=O)[C@@H]4C[C@@H]5COC[C@@H]5N4C(=O)OC(C)(C)C)cc3)cc21. The number of benzene rings is 2. The maximum atomic E-state index is 13.4. The first-order chi connectivity index (χ1) is 22.0. The third-order valence-electron chi connectivity index (χ3n) is 8.21. The van der Waals surface area contributed by atoms with Gasteiger partial charge in [0.2, 0.25) is 5.91 Å². The summed E-state index contributed by atoms with van der Waals surface area (Å²) in [6.07, 6.45) is 1.07. The highest BCUT2D eigenvalue weighted by Gasteiger charge is 2.51. The van der Waals surface area contributed by atoms with Crippen LogP contribution in [0.4, 0.5) is 4.79 Å². The molecule has 46 heavy (non-hydrogen) atoms. The fraction of sp³-hybridized carbons (Fsp3) is 0.500. The highest BCUT2D eigenvalue weighted by atomic mass is 32.1. The summed E-state index contributed by atoms with van der Waals surface area (Å²) in [5.74, 6) is -1.57. The lowest BCUT2D eigenvalue weighted by molar-refractivity contribution is -0.124. The summed E-state index contributed by atoms with van der Waals surface area (Å²) in [4.78, 5) is 40.5. The van der Waals surface area contributed by atoms with E-state index >= 15 is 0 Å². The number of hydrogen-bond acceptors (Lipinski definition) is 9. The van der Waals surface area contributed by atoms with Crippen molar-refractivity contribution in [3.05, 3.63) is 58.6 Å². The number of ether oxygens (including phenoxy) is 3. The third kappa shape index (κ3) is 7.49. The van der Waals surface area contributed by atoms with E-state index in [1.54, 1.807) is 31.4 Å². The third-order valence-corrected chi connectivity index (χ3v) is 8.60. The molecule has 0 bridgehead atoms. The van der Waals surface area contributed by atoms with Crippen LogP contribution in [0.25, 0.3) is 22.2 Å². The van der Waals surface area contributed by atoms with Crippen molar-refractivity contribution >= 4 is 40.3 Å². The number of rotatable bonds is 10. The van der Waals surface area contributed by atoms with Crippen LogP contribution in [0.5, 0.6) is 0 Å². The van der Waals surface area contributed by atoms with Gasteiger partial charge in [0, 0.05) is 12.5 Å². The van der Waals surface area contributed by atoms with Crippen LogP contribution in [-0.4, -0.2) is 70.6 Å². The number of thiocarbonyl (C=S) groups is 1. The van der Waals surface area contributed by atoms with E-state index in [1.807, 2.05) is 43.3 Å². The molecule has 2 aliphatic rings. The second kappa shape index (κ2) is 14.2. The molecule has 0 unspecified atom stereocenters. The minimum atomic E-state index is -0.766. The standard InChI is InChI=1S/C34H40N4O7S/c1-5-13-42-14-12-37-26-16-23(10-11-29(26)44-32(37)40)22-8-6-21(7-9-22)15-24(18-35)31(46)36-30(39)27-17-25-19-43-20-28(25)38(27)33(41)45-34(2,3)4/h6-11,16,24-25,27-28H,5,12-15,17,19-20H2,1-4H3,(H,36,39,46)/t24-,25+,27-,28-/m0/s1. The predicted octanol–water partition coefficient (Wildman–Crippen LogP) is 4.84. The Morgan fingerprint density at radius 2 is 1.87 bits per heavy atom. The zero-order valence-electron chi connectivity index (χ0n) is 26.6. The Morgan fingerprint density at radius 3 is 2.57 bits per heavy atom. The normalized spacial score (nSPS) is 19.9. The molecule has 3 aromatic rings. The van der Waals surface area contributed by atoms with E-state index in [-0.39, 0.29) is 16.9 Å². The van der Waals surface area contributed by atoms with E-state index in [2.05, 4.69) is 11.4 Å². The number of carbonyl (C=O) groups is 2. The Morgan fingerprint density at radius 1 is 1.13 bits per heavy atom. The summed E-state index contributed by atoms with van der Waals surface area (Å²) < 4.78 is 23.7. The number of oxazole rings is 1. The Kier molecular flexibility index (Phi) is 10.3. The van der Waals surface area contributed by atoms with Crippen LogP contribution < -0.4 is 11.1 Å². The molecule has 0 aliphatic carbocycles. The van der Waals surface area contributed by atoms with Crippen molar-refractivity contribution in [1.82, 2.24) is 14.8 Å². The number of carbonyl (C=O) groups excluding carboxylic acids is 2. The predicted molar refractivity (Wildman–Crippen MR) is 175 cm³/mol. The summed E-state index contributed by atoms with van der Waals surface area (Å²) in [7, 11) is 0. The molecule has 2 aliphatic heterocycles. The van der Waals surface area contributed by atoms with E-state index < -0.39 is 35.3 Å². The molecule has 1 aromatic heterocycles. The van der Waals surface area contributed by atoms with Gasteiger partial charge in [-0.1, -0.05) is 49.5 Å². The van der Waals surface area contributed by atoms with Crippen LogP contribution in [-0.2, 0) is 32.0 Å². The van der Waals surface area contributed by atoms with Gasteiger partial charge in [-0.25, -0.2) is 9.59 Å². The van der Waals surface area contributed by atoms with Crippen molar-refractivity contribution in [2.24, 2.45) is 11.8 Å². The van der Waals surface area contributed by atoms with E-state index in [0.717, 1.165) is 23.1 Å². The molecule has 11 nitrogen and oxygen atoms in total. The first kappa shape index (κ1) is 33.3. The largest absolute Gasteiger partial charge is 0.444 e. The number of likely N-dealkylation sites (tertiary alicyclic amines) is 1. The van der Waals surface area contributed by atoms with Crippen molar-refractivity contribution < 1.29 is 28.2 Å². The lowest BCUT2D eigenvalue weighted by Gasteiger charge is -2.31. The monoisotopic (exact) mass is 648 g/mol. The van der Waals surface area contributed by atoms with Crippen LogP contribution in [0.2, 0.25) is 0 Å². The van der Waals surface area contributed by atoms with Gasteiger partial charge in [-0.3, -0.25) is 14.3 Å². The molecule has 2 fully saturated rings. The zero-order chi connectivity index (χ0) is 33.0. The Labute approximate surface area is 273 Å². The molecular formula is C34H40N4O7S. The lowest BCUT2D eigenvalue weighted by atomic mass is 9.97. The Hall–Kier alpha value is -4.05. The van der Waals surface area contributed by atoms with Gasteiger partial charge in [0.15, 0.2) is 5.58 Å². The highest BCUT2D eigenvalue weighted by Crippen LogP contribution is 2.36. The van der Waals surface area contributed by atoms with Gasteiger partial charge in [0.1, 0.15) is 17.6 Å². The average Bonchev–Trinajstić information content (AvgIpc) is 3.70. The first-order valence-electron chi connectivity index (χ1n) is 15.6. The molecule has 12 heteroatoms. The van der Waals surface area contributed by atoms with Crippen molar-refractivity contribution in [3.63, 3.8) is 0 Å². The van der Waals surface area contributed by atoms with Crippen molar-refractivity contribution in [1.29, 1.82) is 5.26 Å². The van der Waals surface area contributed by atoms with Crippen molar-refractivity contribution in [2.75, 3.05) is 26.4 Å². The highest BCUT2D eigenvalue weighted by molar-refractivity contribution is 7.80. The Bertz CT molecular complexity index is 1680. The summed E-state index contributed by atoms with van der Waals surface area (Å²) >= 11 is 5.53. The fourth-order valence-corrected chi connectivity index (χ4v) is 6.21. The summed E-state index contributed by atoms with van der Waals surface area (Å²) in [5, 5.41) is 12.7. The van der Waals surface area contributed by atoms with Gasteiger partial charge >= 0.3 is 11.8 Å². The van der Waals surface area contributed by atoms with Gasteiger partial charge in [-0.15, -0.1) is 0 Å². The first-order valence-corrected chi connectivity index (χ1v) is 16.0. The van der Waals surface area contributed by atoms with Gasteiger partial charge in [0.05, 0.1) is 49.0 Å². The Balaban J connectivity index is 1.24. The van der Waals surface area contributed by atoms with Crippen molar-refractivity contribution in [3.8, 4) is 17.2 Å². The van der Waals surface area contributed by atoms with Crippen LogP contribution in [0.3, 0.4) is 0 Å². The minimum absolute atomic E-state index is 0.0312. The maximum Gasteiger partial charge on any atom is 0.420 e. The van der Waals surface area contributed by atoms with Gasteiger partial charge in [-0.2, -0.15) is 5.26 Å². The smallest absolute Gasteiger partial charge is 0.420 e. The summed E-state index contributed by atoms with van der Waals surface area (Å²) in [6.45, 7) is 9.63. The topological polar surface area (TPSA) is 136 Å². The summed E-state index contributed by atoms with van der Waals surface area (Å²) in [5.41, 5.74) is 3.19. The molecule has 0 spiro atoms. The number of nitriles is 1. The molecular weight excluding hydrogens is 608 g/mol. The second-order valence-corrected chi connectivity index (χ2v) is 13.2. The van der Waals surface area contributed by atoms with Gasteiger partial charge in [0.25, 0.3) is 0 Å². The van der Waals surface area contributed by atoms with E-state index in [1.165, 1.54) is 4.90 Å². The molecule has 1 N–H and O–H groups in total. The number of amides is 2. The zero-order valence-corrected chi connectivity index (χ0v) is 27.4. The number of nitrogens with one attached hydrogen (secondary N) is 1. The van der Waals surface area contributed by atoms with Crippen molar-refractivity contribution in [2.45, 2.75) is 71.2 Å². The molecule has 3 heterocycles. The maximum absolute atomic E-state index is 13.4. The average molecular weight is 649 g/mol. The molecule has 5 rings (SSSR count). The molecule has 4 atom stereocenters. The fourth-order valence-electron chi connectivity index (χ4n) is 5.98. The van der Waals surface area contributed by atoms with E-state index in [9.17, 15) is 19.6 Å². The molecule has 0 radical (unpaired) electrons. The number of hydrogen-bond donors (Lipinski definition) is 1. The van der Waals surface area contributed by atoms with E-state index in [0.29, 0.717) is 56.9 Å². The molecule has 2 saturated heterocycles.